The highest BCUT2D eigenvalue weighted by Crippen LogP contribution is 2.36. The molecule has 0 spiro atoms. The molecule has 0 aliphatic heterocycles. The number of Topliss-reactive ketones (excluding diaryl/α,β-unsaturated/α-hetero) is 1. The van der Waals surface area contributed by atoms with Gasteiger partial charge in [-0.1, -0.05) is 48.5 Å². The molecule has 0 N–H and O–H groups in total. The second-order valence-corrected chi connectivity index (χ2v) is 6.36. The van der Waals surface area contributed by atoms with Gasteiger partial charge in [-0.3, -0.25) is 4.79 Å². The fourth-order valence-corrected chi connectivity index (χ4v) is 3.86. The SMILES string of the molecule is O=C1Cc2ccc3c(ccc4ccccc43)c2CC1c1ncco1.[HH]. The van der Waals surface area contributed by atoms with Crippen molar-refractivity contribution in [2.45, 2.75) is 18.8 Å². The van der Waals surface area contributed by atoms with Crippen LogP contribution in [0.25, 0.3) is 21.5 Å². The van der Waals surface area contributed by atoms with E-state index in [-0.39, 0.29) is 13.1 Å². The molecule has 0 radical (unpaired) electrons. The van der Waals surface area contributed by atoms with Crippen LogP contribution < -0.4 is 0 Å². The van der Waals surface area contributed by atoms with Crippen molar-refractivity contribution >= 4 is 27.3 Å². The zero-order chi connectivity index (χ0) is 16.1. The molecule has 3 heteroatoms. The molecule has 1 unspecified atom stereocenters. The third-order valence-corrected chi connectivity index (χ3v) is 5.05. The number of hydrogen-bond donors (Lipinski definition) is 0. The van der Waals surface area contributed by atoms with Crippen molar-refractivity contribution in [2.75, 3.05) is 0 Å². The first kappa shape index (κ1) is 13.5. The topological polar surface area (TPSA) is 43.1 Å². The van der Waals surface area contributed by atoms with Crippen molar-refractivity contribution in [3.8, 4) is 0 Å². The molecule has 118 valence electrons. The zero-order valence-corrected chi connectivity index (χ0v) is 13.0. The Morgan fingerprint density at radius 3 is 2.75 bits per heavy atom. The smallest absolute Gasteiger partial charge is 0.204 e. The quantitative estimate of drug-likeness (QED) is 0.479. The van der Waals surface area contributed by atoms with Crippen molar-refractivity contribution in [1.29, 1.82) is 0 Å². The standard InChI is InChI=1S/C21H15NO2.H2/c23-20-11-14-6-8-16-15-4-2-1-3-13(15)5-7-17(16)18(14)12-19(20)21-22-9-10-24-21;/h1-10,19H,11-12H2;1H. The van der Waals surface area contributed by atoms with E-state index in [9.17, 15) is 4.79 Å². The molecule has 5 rings (SSSR count). The van der Waals surface area contributed by atoms with Crippen LogP contribution in [0.5, 0.6) is 0 Å². The Labute approximate surface area is 140 Å². The molecule has 0 fully saturated rings. The first-order valence-electron chi connectivity index (χ1n) is 8.15. The number of ketones is 1. The molecule has 24 heavy (non-hydrogen) atoms. The second-order valence-electron chi connectivity index (χ2n) is 6.36. The number of hydrogen-bond acceptors (Lipinski definition) is 3. The Kier molecular flexibility index (Phi) is 2.83. The van der Waals surface area contributed by atoms with Gasteiger partial charge in [0.2, 0.25) is 5.89 Å². The van der Waals surface area contributed by atoms with E-state index < -0.39 is 0 Å². The fourth-order valence-electron chi connectivity index (χ4n) is 3.86. The molecule has 4 aromatic rings. The largest absolute Gasteiger partial charge is 0.448 e. The lowest BCUT2D eigenvalue weighted by Crippen LogP contribution is -2.24. The first-order chi connectivity index (χ1) is 11.8. The summed E-state index contributed by atoms with van der Waals surface area (Å²) in [7, 11) is 0. The van der Waals surface area contributed by atoms with Gasteiger partial charge in [-0.15, -0.1) is 0 Å². The van der Waals surface area contributed by atoms with E-state index in [2.05, 4.69) is 53.5 Å². The summed E-state index contributed by atoms with van der Waals surface area (Å²) >= 11 is 0. The maximum atomic E-state index is 12.5. The van der Waals surface area contributed by atoms with Gasteiger partial charge in [0.25, 0.3) is 0 Å². The van der Waals surface area contributed by atoms with E-state index in [4.69, 9.17) is 4.42 Å². The van der Waals surface area contributed by atoms with Crippen LogP contribution in [0, 0.1) is 0 Å². The maximum absolute atomic E-state index is 12.5. The first-order valence-corrected chi connectivity index (χ1v) is 8.15. The van der Waals surface area contributed by atoms with Crippen LogP contribution >= 0.6 is 0 Å². The van der Waals surface area contributed by atoms with Crippen molar-refractivity contribution in [1.82, 2.24) is 4.98 Å². The third kappa shape index (κ3) is 1.91. The van der Waals surface area contributed by atoms with Crippen LogP contribution in [0.15, 0.2) is 65.4 Å². The molecule has 3 aromatic carbocycles. The zero-order valence-electron chi connectivity index (χ0n) is 13.0. The summed E-state index contributed by atoms with van der Waals surface area (Å²) in [5.74, 6) is 0.443. The van der Waals surface area contributed by atoms with Crippen molar-refractivity contribution in [3.63, 3.8) is 0 Å². The number of nitrogens with zero attached hydrogens (tertiary/aromatic N) is 1. The van der Waals surface area contributed by atoms with Gasteiger partial charge in [-0.25, -0.2) is 4.98 Å². The van der Waals surface area contributed by atoms with Gasteiger partial charge < -0.3 is 4.42 Å². The molecule has 0 saturated heterocycles. The maximum Gasteiger partial charge on any atom is 0.204 e. The van der Waals surface area contributed by atoms with Crippen LogP contribution in [-0.2, 0) is 17.6 Å². The van der Waals surface area contributed by atoms with E-state index in [1.54, 1.807) is 6.20 Å². The number of fused-ring (bicyclic) bond motifs is 5. The molecule has 0 saturated carbocycles. The van der Waals surface area contributed by atoms with Crippen LogP contribution in [-0.4, -0.2) is 10.8 Å². The molecule has 0 bridgehead atoms. The summed E-state index contributed by atoms with van der Waals surface area (Å²) in [6.45, 7) is 0. The van der Waals surface area contributed by atoms with Gasteiger partial charge in [0.05, 0.1) is 12.1 Å². The van der Waals surface area contributed by atoms with Gasteiger partial charge in [0, 0.05) is 7.85 Å². The summed E-state index contributed by atoms with van der Waals surface area (Å²) in [5.41, 5.74) is 2.38. The minimum absolute atomic E-state index is 0. The Morgan fingerprint density at radius 2 is 1.88 bits per heavy atom. The Bertz CT molecular complexity index is 1090. The lowest BCUT2D eigenvalue weighted by molar-refractivity contribution is -0.120. The number of oxazole rings is 1. The van der Waals surface area contributed by atoms with Crippen molar-refractivity contribution in [2.24, 2.45) is 0 Å². The van der Waals surface area contributed by atoms with Crippen LogP contribution in [0.4, 0.5) is 0 Å². The highest BCUT2D eigenvalue weighted by molar-refractivity contribution is 6.09. The number of carbonyl (C=O) groups excluding carboxylic acids is 1. The number of rotatable bonds is 1. The minimum atomic E-state index is -0.274. The fraction of sp³-hybridized carbons (Fsp3) is 0.143. The molecule has 1 heterocycles. The van der Waals surface area contributed by atoms with Crippen LogP contribution in [0.2, 0.25) is 0 Å². The van der Waals surface area contributed by atoms with Gasteiger partial charge in [-0.05, 0) is 39.1 Å². The van der Waals surface area contributed by atoms with Crippen molar-refractivity contribution < 1.29 is 10.6 Å². The normalized spacial score (nSPS) is 17.3. The Balaban J connectivity index is 0.00000157. The molecule has 0 amide bonds. The summed E-state index contributed by atoms with van der Waals surface area (Å²) in [4.78, 5) is 16.7. The molecule has 1 aliphatic carbocycles. The summed E-state index contributed by atoms with van der Waals surface area (Å²) < 4.78 is 5.41. The monoisotopic (exact) mass is 315 g/mol. The van der Waals surface area contributed by atoms with Gasteiger partial charge in [-0.2, -0.15) is 0 Å². The van der Waals surface area contributed by atoms with E-state index >= 15 is 0 Å². The summed E-state index contributed by atoms with van der Waals surface area (Å²) in [6, 6.07) is 17.0. The molecule has 1 aliphatic rings. The lowest BCUT2D eigenvalue weighted by Gasteiger charge is -2.23. The van der Waals surface area contributed by atoms with E-state index in [1.807, 2.05) is 0 Å². The van der Waals surface area contributed by atoms with E-state index in [0.29, 0.717) is 18.7 Å². The van der Waals surface area contributed by atoms with Crippen LogP contribution in [0.3, 0.4) is 0 Å². The average Bonchev–Trinajstić information content (AvgIpc) is 3.15. The Morgan fingerprint density at radius 1 is 1.00 bits per heavy atom. The van der Waals surface area contributed by atoms with Gasteiger partial charge in [0.1, 0.15) is 12.0 Å². The Hall–Kier alpha value is -2.94. The van der Waals surface area contributed by atoms with E-state index in [0.717, 1.165) is 5.56 Å². The summed E-state index contributed by atoms with van der Waals surface area (Å²) in [5, 5.41) is 4.96. The third-order valence-electron chi connectivity index (χ3n) is 5.05. The molecular weight excluding hydrogens is 298 g/mol. The molecule has 1 atom stereocenters. The predicted octanol–water partition coefficient (Wildman–Crippen LogP) is 4.68. The van der Waals surface area contributed by atoms with Gasteiger partial charge in [0.15, 0.2) is 0 Å². The van der Waals surface area contributed by atoms with Gasteiger partial charge >= 0.3 is 0 Å². The second kappa shape index (κ2) is 5.03. The summed E-state index contributed by atoms with van der Waals surface area (Å²) in [6.07, 6.45) is 4.25. The van der Waals surface area contributed by atoms with Crippen molar-refractivity contribution in [3.05, 3.63) is 78.0 Å². The molecular formula is C21H17NO2. The highest BCUT2D eigenvalue weighted by atomic mass is 16.3. The molecule has 3 nitrogen and oxygen atoms in total. The van der Waals surface area contributed by atoms with Crippen LogP contribution in [0.1, 0.15) is 24.4 Å². The minimum Gasteiger partial charge on any atom is -0.448 e. The predicted molar refractivity (Wildman–Crippen MR) is 95.2 cm³/mol. The molecule has 1 aromatic heterocycles. The lowest BCUT2D eigenvalue weighted by atomic mass is 9.80. The number of aromatic nitrogens is 1. The number of carbonyl (C=O) groups is 1. The highest BCUT2D eigenvalue weighted by Gasteiger charge is 2.31. The number of benzene rings is 3. The average molecular weight is 315 g/mol. The van der Waals surface area contributed by atoms with E-state index in [1.165, 1.54) is 33.4 Å².